The summed E-state index contributed by atoms with van der Waals surface area (Å²) in [5, 5.41) is 0. The van der Waals surface area contributed by atoms with Gasteiger partial charge >= 0.3 is 12.1 Å². The predicted octanol–water partition coefficient (Wildman–Crippen LogP) is 3.29. The van der Waals surface area contributed by atoms with Crippen molar-refractivity contribution in [1.29, 1.82) is 0 Å². The largest absolute Gasteiger partial charge is 0.465 e. The fourth-order valence-electron chi connectivity index (χ4n) is 1.34. The molecule has 0 N–H and O–H groups in total. The van der Waals surface area contributed by atoms with Gasteiger partial charge in [0.1, 0.15) is 12.5 Å². The van der Waals surface area contributed by atoms with Crippen molar-refractivity contribution < 1.29 is 22.7 Å². The Morgan fingerprint density at radius 2 is 1.88 bits per heavy atom. The van der Waals surface area contributed by atoms with Crippen molar-refractivity contribution in [2.24, 2.45) is 0 Å². The van der Waals surface area contributed by atoms with Crippen LogP contribution in [0.2, 0.25) is 0 Å². The Bertz CT molecular complexity index is 360. The van der Waals surface area contributed by atoms with Gasteiger partial charge in [0.2, 0.25) is 0 Å². The van der Waals surface area contributed by atoms with Gasteiger partial charge in [0.05, 0.1) is 0 Å². The summed E-state index contributed by atoms with van der Waals surface area (Å²) in [6.45, 7) is 0.869. The maximum absolute atomic E-state index is 12.8. The molecule has 0 saturated heterocycles. The van der Waals surface area contributed by atoms with E-state index in [1.54, 1.807) is 6.07 Å². The SMILES string of the molecule is CCC(=O)OCC(c1ccccc1)C(F)(F)F. The zero-order valence-electron chi connectivity index (χ0n) is 9.33. The molecular formula is C12H13F3O2. The van der Waals surface area contributed by atoms with E-state index in [2.05, 4.69) is 4.74 Å². The van der Waals surface area contributed by atoms with Gasteiger partial charge in [-0.05, 0) is 5.56 Å². The van der Waals surface area contributed by atoms with Crippen molar-refractivity contribution in [1.82, 2.24) is 0 Å². The average Bonchev–Trinajstić information content (AvgIpc) is 2.28. The number of carbonyl (C=O) groups is 1. The van der Waals surface area contributed by atoms with Crippen molar-refractivity contribution in [2.45, 2.75) is 25.4 Å². The van der Waals surface area contributed by atoms with E-state index < -0.39 is 24.7 Å². The highest BCUT2D eigenvalue weighted by Crippen LogP contribution is 2.34. The van der Waals surface area contributed by atoms with Gasteiger partial charge in [-0.3, -0.25) is 4.79 Å². The Labute approximate surface area is 97.4 Å². The highest BCUT2D eigenvalue weighted by atomic mass is 19.4. The number of alkyl halides is 3. The van der Waals surface area contributed by atoms with Crippen molar-refractivity contribution in [3.05, 3.63) is 35.9 Å². The van der Waals surface area contributed by atoms with Gasteiger partial charge in [0.25, 0.3) is 0 Å². The molecule has 17 heavy (non-hydrogen) atoms. The highest BCUT2D eigenvalue weighted by Gasteiger charge is 2.41. The second-order valence-electron chi connectivity index (χ2n) is 3.54. The average molecular weight is 246 g/mol. The van der Waals surface area contributed by atoms with E-state index in [9.17, 15) is 18.0 Å². The molecule has 1 aromatic rings. The topological polar surface area (TPSA) is 26.3 Å². The van der Waals surface area contributed by atoms with Crippen LogP contribution in [0.4, 0.5) is 13.2 Å². The second-order valence-corrected chi connectivity index (χ2v) is 3.54. The molecule has 1 aromatic carbocycles. The van der Waals surface area contributed by atoms with Crippen molar-refractivity contribution in [3.8, 4) is 0 Å². The zero-order chi connectivity index (χ0) is 12.9. The van der Waals surface area contributed by atoms with Crippen LogP contribution in [0.15, 0.2) is 30.3 Å². The summed E-state index contributed by atoms with van der Waals surface area (Å²) in [4.78, 5) is 10.9. The van der Waals surface area contributed by atoms with E-state index in [1.807, 2.05) is 0 Å². The molecule has 1 atom stereocenters. The van der Waals surface area contributed by atoms with Crippen LogP contribution in [0.1, 0.15) is 24.8 Å². The predicted molar refractivity (Wildman–Crippen MR) is 56.5 cm³/mol. The first-order chi connectivity index (χ1) is 7.95. The molecule has 0 saturated carbocycles. The third-order valence-electron chi connectivity index (χ3n) is 2.30. The summed E-state index contributed by atoms with van der Waals surface area (Å²) < 4.78 is 42.9. The van der Waals surface area contributed by atoms with Gasteiger partial charge in [0, 0.05) is 6.42 Å². The Kier molecular flexibility index (Phi) is 4.54. The lowest BCUT2D eigenvalue weighted by molar-refractivity contribution is -0.170. The molecule has 0 aliphatic carbocycles. The molecule has 0 fully saturated rings. The molecule has 5 heteroatoms. The first-order valence-corrected chi connectivity index (χ1v) is 5.22. The number of ether oxygens (including phenoxy) is 1. The van der Waals surface area contributed by atoms with E-state index in [0.717, 1.165) is 0 Å². The van der Waals surface area contributed by atoms with Crippen LogP contribution < -0.4 is 0 Å². The molecule has 1 unspecified atom stereocenters. The summed E-state index contributed by atoms with van der Waals surface area (Å²) in [5.41, 5.74) is 0.101. The molecule has 0 spiro atoms. The molecular weight excluding hydrogens is 233 g/mol. The maximum atomic E-state index is 12.8. The summed E-state index contributed by atoms with van der Waals surface area (Å²) in [6, 6.07) is 7.43. The molecule has 2 nitrogen and oxygen atoms in total. The Balaban J connectivity index is 2.79. The Morgan fingerprint density at radius 1 is 1.29 bits per heavy atom. The smallest absolute Gasteiger partial charge is 0.399 e. The van der Waals surface area contributed by atoms with Gasteiger partial charge in [-0.2, -0.15) is 13.2 Å². The molecule has 0 aliphatic heterocycles. The Morgan fingerprint density at radius 3 is 2.35 bits per heavy atom. The summed E-state index contributed by atoms with van der Waals surface area (Å²) >= 11 is 0. The minimum Gasteiger partial charge on any atom is -0.465 e. The number of benzene rings is 1. The third kappa shape index (κ3) is 4.09. The van der Waals surface area contributed by atoms with E-state index in [1.165, 1.54) is 31.2 Å². The molecule has 0 aromatic heterocycles. The summed E-state index contributed by atoms with van der Waals surface area (Å²) in [7, 11) is 0. The van der Waals surface area contributed by atoms with Crippen molar-refractivity contribution >= 4 is 5.97 Å². The van der Waals surface area contributed by atoms with Gasteiger partial charge in [-0.25, -0.2) is 0 Å². The third-order valence-corrected chi connectivity index (χ3v) is 2.30. The fraction of sp³-hybridized carbons (Fsp3) is 0.417. The van der Waals surface area contributed by atoms with Crippen LogP contribution in [0.5, 0.6) is 0 Å². The minimum atomic E-state index is -4.42. The van der Waals surface area contributed by atoms with Crippen LogP contribution >= 0.6 is 0 Å². The summed E-state index contributed by atoms with van der Waals surface area (Å²) in [5.74, 6) is -2.39. The van der Waals surface area contributed by atoms with Gasteiger partial charge in [-0.15, -0.1) is 0 Å². The van der Waals surface area contributed by atoms with Gasteiger partial charge in [0.15, 0.2) is 0 Å². The van der Waals surface area contributed by atoms with Gasteiger partial charge < -0.3 is 4.74 Å². The van der Waals surface area contributed by atoms with Crippen LogP contribution in [0.25, 0.3) is 0 Å². The number of esters is 1. The van der Waals surface area contributed by atoms with Crippen molar-refractivity contribution in [2.75, 3.05) is 6.61 Å². The first kappa shape index (κ1) is 13.5. The number of hydrogen-bond donors (Lipinski definition) is 0. The van der Waals surface area contributed by atoms with E-state index in [0.29, 0.717) is 0 Å². The van der Waals surface area contributed by atoms with E-state index in [-0.39, 0.29) is 12.0 Å². The lowest BCUT2D eigenvalue weighted by Crippen LogP contribution is -2.26. The minimum absolute atomic E-state index is 0.0688. The van der Waals surface area contributed by atoms with E-state index in [4.69, 9.17) is 0 Å². The molecule has 0 heterocycles. The van der Waals surface area contributed by atoms with E-state index >= 15 is 0 Å². The molecule has 0 bridgehead atoms. The maximum Gasteiger partial charge on any atom is 0.399 e. The number of hydrogen-bond acceptors (Lipinski definition) is 2. The standard InChI is InChI=1S/C12H13F3O2/c1-2-11(16)17-8-10(12(13,14)15)9-6-4-3-5-7-9/h3-7,10H,2,8H2,1H3. The summed E-state index contributed by atoms with van der Waals surface area (Å²) in [6.07, 6.45) is -4.35. The zero-order valence-corrected chi connectivity index (χ0v) is 9.33. The molecule has 0 amide bonds. The highest BCUT2D eigenvalue weighted by molar-refractivity contribution is 5.68. The normalized spacial score (nSPS) is 13.2. The Hall–Kier alpha value is -1.52. The number of halogens is 3. The van der Waals surface area contributed by atoms with Crippen LogP contribution in [0.3, 0.4) is 0 Å². The van der Waals surface area contributed by atoms with Crippen LogP contribution in [-0.4, -0.2) is 18.8 Å². The second kappa shape index (κ2) is 5.70. The lowest BCUT2D eigenvalue weighted by atomic mass is 10.00. The number of rotatable bonds is 4. The lowest BCUT2D eigenvalue weighted by Gasteiger charge is -2.20. The fourth-order valence-corrected chi connectivity index (χ4v) is 1.34. The molecule has 94 valence electrons. The quantitative estimate of drug-likeness (QED) is 0.762. The van der Waals surface area contributed by atoms with Crippen LogP contribution in [0, 0.1) is 0 Å². The monoisotopic (exact) mass is 246 g/mol. The first-order valence-electron chi connectivity index (χ1n) is 5.22. The molecule has 0 aliphatic rings. The molecule has 1 rings (SSSR count). The number of carbonyl (C=O) groups excluding carboxylic acids is 1. The van der Waals surface area contributed by atoms with Crippen molar-refractivity contribution in [3.63, 3.8) is 0 Å². The van der Waals surface area contributed by atoms with Crippen LogP contribution in [-0.2, 0) is 9.53 Å². The molecule has 0 radical (unpaired) electrons. The van der Waals surface area contributed by atoms with Gasteiger partial charge in [-0.1, -0.05) is 37.3 Å².